The number of aryl methyl sites for hydroxylation is 1. The van der Waals surface area contributed by atoms with Crippen LogP contribution in [0.2, 0.25) is 0 Å². The molecule has 5 nitrogen and oxygen atoms in total. The fourth-order valence-electron chi connectivity index (χ4n) is 1.99. The zero-order valence-electron chi connectivity index (χ0n) is 10.2. The summed E-state index contributed by atoms with van der Waals surface area (Å²) < 4.78 is 1.72. The van der Waals surface area contributed by atoms with E-state index in [1.165, 1.54) is 0 Å². The molecule has 0 amide bonds. The summed E-state index contributed by atoms with van der Waals surface area (Å²) in [5.41, 5.74) is 2.91. The van der Waals surface area contributed by atoms with Crippen molar-refractivity contribution in [2.75, 3.05) is 0 Å². The molecule has 0 saturated carbocycles. The quantitative estimate of drug-likeness (QED) is 0.761. The minimum atomic E-state index is -0.936. The lowest BCUT2D eigenvalue weighted by Crippen LogP contribution is -1.95. The molecule has 3 rings (SSSR count). The van der Waals surface area contributed by atoms with Crippen LogP contribution in [0.5, 0.6) is 0 Å². The number of hydrogen-bond donors (Lipinski definition) is 1. The minimum absolute atomic E-state index is 0.262. The molecule has 0 fully saturated rings. The highest BCUT2D eigenvalue weighted by molar-refractivity contribution is 5.94. The molecule has 0 spiro atoms. The number of rotatable bonds is 2. The number of carboxylic acids is 1. The van der Waals surface area contributed by atoms with Crippen LogP contribution in [0.15, 0.2) is 42.9 Å². The fourth-order valence-corrected chi connectivity index (χ4v) is 1.99. The molecule has 1 aromatic carbocycles. The Labute approximate surface area is 109 Å². The lowest BCUT2D eigenvalue weighted by atomic mass is 10.1. The molecule has 0 atom stereocenters. The van der Waals surface area contributed by atoms with E-state index >= 15 is 0 Å². The van der Waals surface area contributed by atoms with E-state index in [1.54, 1.807) is 35.3 Å². The van der Waals surface area contributed by atoms with Gasteiger partial charge in [0.05, 0.1) is 17.3 Å². The first-order valence-electron chi connectivity index (χ1n) is 5.75. The average Bonchev–Trinajstić information content (AvgIpc) is 2.84. The number of benzene rings is 1. The molecule has 0 aliphatic rings. The lowest BCUT2D eigenvalue weighted by molar-refractivity contribution is 0.0697. The Kier molecular flexibility index (Phi) is 2.52. The summed E-state index contributed by atoms with van der Waals surface area (Å²) in [6.07, 6.45) is 5.41. The molecule has 1 N–H and O–H groups in total. The smallest absolute Gasteiger partial charge is 0.335 e. The van der Waals surface area contributed by atoms with Crippen LogP contribution in [0.1, 0.15) is 10.4 Å². The Bertz CT molecular complexity index is 777. The molecule has 19 heavy (non-hydrogen) atoms. The molecule has 0 saturated heterocycles. The molecule has 0 bridgehead atoms. The van der Waals surface area contributed by atoms with Crippen LogP contribution in [-0.4, -0.2) is 25.8 Å². The van der Waals surface area contributed by atoms with E-state index in [4.69, 9.17) is 5.11 Å². The predicted octanol–water partition coefficient (Wildman–Crippen LogP) is 2.33. The first-order valence-corrected chi connectivity index (χ1v) is 5.75. The number of fused-ring (bicyclic) bond motifs is 1. The summed E-state index contributed by atoms with van der Waals surface area (Å²) >= 11 is 0. The van der Waals surface area contributed by atoms with Crippen molar-refractivity contribution in [3.8, 4) is 11.1 Å². The summed E-state index contributed by atoms with van der Waals surface area (Å²) in [6.45, 7) is 0. The second-order valence-electron chi connectivity index (χ2n) is 4.34. The van der Waals surface area contributed by atoms with Crippen molar-refractivity contribution in [3.05, 3.63) is 48.4 Å². The van der Waals surface area contributed by atoms with Gasteiger partial charge in [0, 0.05) is 36.0 Å². The molecule has 0 aliphatic heterocycles. The Hall–Kier alpha value is -2.69. The molecule has 3 aromatic rings. The monoisotopic (exact) mass is 253 g/mol. The maximum Gasteiger partial charge on any atom is 0.335 e. The Morgan fingerprint density at radius 1 is 1.21 bits per heavy atom. The van der Waals surface area contributed by atoms with Crippen LogP contribution < -0.4 is 0 Å². The molecule has 5 heteroatoms. The average molecular weight is 253 g/mol. The number of carboxylic acid groups (broad SMARTS) is 1. The van der Waals surface area contributed by atoms with Gasteiger partial charge in [0.15, 0.2) is 0 Å². The van der Waals surface area contributed by atoms with Crippen molar-refractivity contribution >= 4 is 16.9 Å². The van der Waals surface area contributed by atoms with Crippen molar-refractivity contribution in [1.29, 1.82) is 0 Å². The maximum atomic E-state index is 11.0. The van der Waals surface area contributed by atoms with Gasteiger partial charge < -0.3 is 5.11 Å². The largest absolute Gasteiger partial charge is 0.478 e. The normalized spacial score (nSPS) is 10.8. The van der Waals surface area contributed by atoms with Gasteiger partial charge in [-0.2, -0.15) is 5.10 Å². The molecule has 0 aliphatic carbocycles. The second-order valence-corrected chi connectivity index (χ2v) is 4.34. The van der Waals surface area contributed by atoms with Gasteiger partial charge in [0.2, 0.25) is 0 Å². The molecule has 2 heterocycles. The molecular formula is C14H11N3O2. The van der Waals surface area contributed by atoms with Crippen LogP contribution in [0.25, 0.3) is 22.0 Å². The zero-order valence-corrected chi connectivity index (χ0v) is 10.2. The SMILES string of the molecule is Cn1cc(-c2cnc3ccc(C(=O)O)cc3c2)cn1. The standard InChI is InChI=1S/C14H11N3O2/c1-17-8-12(7-16-17)11-5-10-4-9(14(18)19)2-3-13(10)15-6-11/h2-8H,1H3,(H,18,19). The van der Waals surface area contributed by atoms with Gasteiger partial charge >= 0.3 is 5.97 Å². The van der Waals surface area contributed by atoms with Crippen molar-refractivity contribution in [2.24, 2.45) is 7.05 Å². The van der Waals surface area contributed by atoms with Crippen molar-refractivity contribution in [2.45, 2.75) is 0 Å². The van der Waals surface area contributed by atoms with E-state index in [9.17, 15) is 4.79 Å². The van der Waals surface area contributed by atoms with Gasteiger partial charge in [0.1, 0.15) is 0 Å². The first-order chi connectivity index (χ1) is 9.13. The third kappa shape index (κ3) is 2.06. The topological polar surface area (TPSA) is 68.0 Å². The number of carbonyl (C=O) groups is 1. The van der Waals surface area contributed by atoms with Gasteiger partial charge in [-0.1, -0.05) is 0 Å². The number of hydrogen-bond acceptors (Lipinski definition) is 3. The molecule has 0 unspecified atom stereocenters. The van der Waals surface area contributed by atoms with E-state index in [2.05, 4.69) is 10.1 Å². The van der Waals surface area contributed by atoms with Gasteiger partial charge in [-0.25, -0.2) is 4.79 Å². The van der Waals surface area contributed by atoms with Gasteiger partial charge in [-0.05, 0) is 24.3 Å². The van der Waals surface area contributed by atoms with Crippen LogP contribution in [0.3, 0.4) is 0 Å². The fraction of sp³-hybridized carbons (Fsp3) is 0.0714. The number of nitrogens with zero attached hydrogens (tertiary/aromatic N) is 3. The number of aromatic nitrogens is 3. The summed E-state index contributed by atoms with van der Waals surface area (Å²) in [7, 11) is 1.85. The summed E-state index contributed by atoms with van der Waals surface area (Å²) in [5, 5.41) is 13.9. The second kappa shape index (κ2) is 4.20. The van der Waals surface area contributed by atoms with Crippen LogP contribution in [0, 0.1) is 0 Å². The van der Waals surface area contributed by atoms with Crippen LogP contribution in [0.4, 0.5) is 0 Å². The van der Waals surface area contributed by atoms with Crippen molar-refractivity contribution < 1.29 is 9.90 Å². The third-order valence-corrected chi connectivity index (χ3v) is 2.97. The van der Waals surface area contributed by atoms with E-state index in [0.717, 1.165) is 22.0 Å². The van der Waals surface area contributed by atoms with Crippen LogP contribution in [-0.2, 0) is 7.05 Å². The first kappa shape index (κ1) is 11.4. The highest BCUT2D eigenvalue weighted by Gasteiger charge is 2.06. The van der Waals surface area contributed by atoms with E-state index in [-0.39, 0.29) is 5.56 Å². The van der Waals surface area contributed by atoms with Gasteiger partial charge in [-0.15, -0.1) is 0 Å². The number of aromatic carboxylic acids is 1. The Morgan fingerprint density at radius 3 is 2.74 bits per heavy atom. The highest BCUT2D eigenvalue weighted by Crippen LogP contribution is 2.22. The maximum absolute atomic E-state index is 11.0. The minimum Gasteiger partial charge on any atom is -0.478 e. The highest BCUT2D eigenvalue weighted by atomic mass is 16.4. The zero-order chi connectivity index (χ0) is 13.4. The molecule has 2 aromatic heterocycles. The van der Waals surface area contributed by atoms with Gasteiger partial charge in [0.25, 0.3) is 0 Å². The Balaban J connectivity index is 2.16. The van der Waals surface area contributed by atoms with Gasteiger partial charge in [-0.3, -0.25) is 9.67 Å². The number of pyridine rings is 1. The Morgan fingerprint density at radius 2 is 2.05 bits per heavy atom. The molecule has 94 valence electrons. The van der Waals surface area contributed by atoms with Crippen LogP contribution >= 0.6 is 0 Å². The van der Waals surface area contributed by atoms with Crippen molar-refractivity contribution in [1.82, 2.24) is 14.8 Å². The van der Waals surface area contributed by atoms with E-state index < -0.39 is 5.97 Å². The third-order valence-electron chi connectivity index (χ3n) is 2.97. The summed E-state index contributed by atoms with van der Waals surface area (Å²) in [5.74, 6) is -0.936. The lowest BCUT2D eigenvalue weighted by Gasteiger charge is -2.02. The van der Waals surface area contributed by atoms with E-state index in [0.29, 0.717) is 0 Å². The molecular weight excluding hydrogens is 242 g/mol. The summed E-state index contributed by atoms with van der Waals surface area (Å²) in [4.78, 5) is 15.3. The predicted molar refractivity (Wildman–Crippen MR) is 70.9 cm³/mol. The van der Waals surface area contributed by atoms with Crippen molar-refractivity contribution in [3.63, 3.8) is 0 Å². The summed E-state index contributed by atoms with van der Waals surface area (Å²) in [6, 6.07) is 6.82. The van der Waals surface area contributed by atoms with E-state index in [1.807, 2.05) is 19.3 Å². The molecule has 0 radical (unpaired) electrons.